The van der Waals surface area contributed by atoms with Crippen LogP contribution in [0.2, 0.25) is 0 Å². The zero-order valence-electron chi connectivity index (χ0n) is 11.9. The van der Waals surface area contributed by atoms with Crippen LogP contribution in [0.4, 0.5) is 10.5 Å². The van der Waals surface area contributed by atoms with Gasteiger partial charge in [0.1, 0.15) is 19.0 Å². The summed E-state index contributed by atoms with van der Waals surface area (Å²) in [5, 5.41) is 2.67. The van der Waals surface area contributed by atoms with Crippen LogP contribution in [0, 0.1) is 6.92 Å². The maximum Gasteiger partial charge on any atom is 0.411 e. The van der Waals surface area contributed by atoms with E-state index in [2.05, 4.69) is 37.2 Å². The van der Waals surface area contributed by atoms with Crippen molar-refractivity contribution in [2.24, 2.45) is 0 Å². The van der Waals surface area contributed by atoms with Crippen molar-refractivity contribution in [1.29, 1.82) is 0 Å². The normalized spacial score (nSPS) is 10.1. The molecule has 2 rings (SSSR count). The lowest BCUT2D eigenvalue weighted by molar-refractivity contribution is 0.137. The maximum atomic E-state index is 11.6. The number of ether oxygens (including phenoxy) is 2. The Morgan fingerprint density at radius 2 is 1.95 bits per heavy atom. The molecule has 0 bridgehead atoms. The second-order valence-corrected chi connectivity index (χ2v) is 6.32. The third kappa shape index (κ3) is 5.35. The Morgan fingerprint density at radius 1 is 1.14 bits per heavy atom. The monoisotopic (exact) mass is 427 g/mol. The standard InChI is InChI=1S/C16H15Br2NO3/c1-11-3-2-4-13(9-11)19-16(20)22-8-7-21-15-6-5-12(17)10-14(15)18/h2-6,9-10H,7-8H2,1H3,(H,19,20). The van der Waals surface area contributed by atoms with Gasteiger partial charge in [-0.3, -0.25) is 5.32 Å². The highest BCUT2D eigenvalue weighted by molar-refractivity contribution is 9.11. The van der Waals surface area contributed by atoms with Gasteiger partial charge in [0.2, 0.25) is 0 Å². The summed E-state index contributed by atoms with van der Waals surface area (Å²) >= 11 is 6.77. The average Bonchev–Trinajstić information content (AvgIpc) is 2.45. The Bertz CT molecular complexity index is 662. The van der Waals surface area contributed by atoms with Gasteiger partial charge in [-0.15, -0.1) is 0 Å². The zero-order valence-corrected chi connectivity index (χ0v) is 15.1. The first-order valence-corrected chi connectivity index (χ1v) is 8.21. The van der Waals surface area contributed by atoms with E-state index in [1.165, 1.54) is 0 Å². The molecule has 1 N–H and O–H groups in total. The van der Waals surface area contributed by atoms with Crippen LogP contribution >= 0.6 is 31.9 Å². The van der Waals surface area contributed by atoms with Crippen LogP contribution in [0.5, 0.6) is 5.75 Å². The van der Waals surface area contributed by atoms with E-state index in [4.69, 9.17) is 9.47 Å². The second-order valence-electron chi connectivity index (χ2n) is 4.55. The van der Waals surface area contributed by atoms with Gasteiger partial charge in [0.05, 0.1) is 4.47 Å². The number of benzene rings is 2. The summed E-state index contributed by atoms with van der Waals surface area (Å²) in [6.45, 7) is 2.40. The number of carbonyl (C=O) groups excluding carboxylic acids is 1. The Hall–Kier alpha value is -1.53. The summed E-state index contributed by atoms with van der Waals surface area (Å²) in [4.78, 5) is 11.6. The van der Waals surface area contributed by atoms with Gasteiger partial charge in [-0.2, -0.15) is 0 Å². The number of aryl methyl sites for hydroxylation is 1. The number of hydrogen-bond donors (Lipinski definition) is 1. The third-order valence-corrected chi connectivity index (χ3v) is 3.85. The highest BCUT2D eigenvalue weighted by atomic mass is 79.9. The Kier molecular flexibility index (Phi) is 6.27. The number of carbonyl (C=O) groups is 1. The molecule has 4 nitrogen and oxygen atoms in total. The highest BCUT2D eigenvalue weighted by Crippen LogP contribution is 2.28. The fourth-order valence-corrected chi connectivity index (χ4v) is 2.92. The van der Waals surface area contributed by atoms with Gasteiger partial charge in [0.25, 0.3) is 0 Å². The minimum atomic E-state index is -0.496. The molecule has 22 heavy (non-hydrogen) atoms. The van der Waals surface area contributed by atoms with E-state index in [0.29, 0.717) is 11.4 Å². The van der Waals surface area contributed by atoms with Gasteiger partial charge in [-0.1, -0.05) is 28.1 Å². The molecule has 116 valence electrons. The van der Waals surface area contributed by atoms with Gasteiger partial charge >= 0.3 is 6.09 Å². The summed E-state index contributed by atoms with van der Waals surface area (Å²) in [5.74, 6) is 0.700. The molecular formula is C16H15Br2NO3. The second kappa shape index (κ2) is 8.19. The number of halogens is 2. The predicted molar refractivity (Wildman–Crippen MR) is 93.5 cm³/mol. The Morgan fingerprint density at radius 3 is 2.68 bits per heavy atom. The first-order valence-electron chi connectivity index (χ1n) is 6.63. The molecule has 0 saturated carbocycles. The van der Waals surface area contributed by atoms with Crippen LogP contribution in [0.15, 0.2) is 51.4 Å². The number of rotatable bonds is 5. The highest BCUT2D eigenvalue weighted by Gasteiger charge is 2.05. The van der Waals surface area contributed by atoms with Gasteiger partial charge in [-0.05, 0) is 58.7 Å². The van der Waals surface area contributed by atoms with Crippen LogP contribution in [0.25, 0.3) is 0 Å². The SMILES string of the molecule is Cc1cccc(NC(=O)OCCOc2ccc(Br)cc2Br)c1. The minimum absolute atomic E-state index is 0.167. The molecule has 0 aliphatic carbocycles. The van der Waals surface area contributed by atoms with Gasteiger partial charge < -0.3 is 9.47 Å². The van der Waals surface area contributed by atoms with Crippen molar-refractivity contribution < 1.29 is 14.3 Å². The largest absolute Gasteiger partial charge is 0.489 e. The summed E-state index contributed by atoms with van der Waals surface area (Å²) in [6.07, 6.45) is -0.496. The van der Waals surface area contributed by atoms with E-state index in [1.54, 1.807) is 0 Å². The molecule has 0 radical (unpaired) electrons. The van der Waals surface area contributed by atoms with E-state index in [9.17, 15) is 4.79 Å². The lowest BCUT2D eigenvalue weighted by Crippen LogP contribution is -2.17. The number of amides is 1. The molecule has 0 saturated heterocycles. The predicted octanol–water partition coefficient (Wildman–Crippen LogP) is 5.15. The molecule has 1 amide bonds. The molecule has 0 aliphatic heterocycles. The summed E-state index contributed by atoms with van der Waals surface area (Å²) in [6, 6.07) is 13.1. The van der Waals surface area contributed by atoms with Crippen LogP contribution in [0.1, 0.15) is 5.56 Å². The lowest BCUT2D eigenvalue weighted by atomic mass is 10.2. The molecule has 2 aromatic rings. The Labute approximate surface area is 146 Å². The Balaban J connectivity index is 1.73. The number of anilines is 1. The summed E-state index contributed by atoms with van der Waals surface area (Å²) < 4.78 is 12.4. The summed E-state index contributed by atoms with van der Waals surface area (Å²) in [7, 11) is 0. The van der Waals surface area contributed by atoms with Crippen molar-refractivity contribution >= 4 is 43.6 Å². The molecule has 0 unspecified atom stereocenters. The van der Waals surface area contributed by atoms with E-state index in [1.807, 2.05) is 49.4 Å². The smallest absolute Gasteiger partial charge is 0.411 e. The molecule has 6 heteroatoms. The molecular weight excluding hydrogens is 414 g/mol. The van der Waals surface area contributed by atoms with Crippen LogP contribution < -0.4 is 10.1 Å². The van der Waals surface area contributed by atoms with E-state index in [-0.39, 0.29) is 13.2 Å². The number of nitrogens with one attached hydrogen (secondary N) is 1. The maximum absolute atomic E-state index is 11.6. The third-order valence-electron chi connectivity index (χ3n) is 2.73. The van der Waals surface area contributed by atoms with Crippen molar-refractivity contribution in [2.45, 2.75) is 6.92 Å². The quantitative estimate of drug-likeness (QED) is 0.670. The van der Waals surface area contributed by atoms with Gasteiger partial charge in [0, 0.05) is 10.2 Å². The molecule has 0 aromatic heterocycles. The average molecular weight is 429 g/mol. The van der Waals surface area contributed by atoms with Crippen molar-refractivity contribution in [3.8, 4) is 5.75 Å². The molecule has 0 atom stereocenters. The number of hydrogen-bond acceptors (Lipinski definition) is 3. The van der Waals surface area contributed by atoms with Gasteiger partial charge in [0.15, 0.2) is 0 Å². The van der Waals surface area contributed by atoms with E-state index < -0.39 is 6.09 Å². The topological polar surface area (TPSA) is 47.6 Å². The van der Waals surface area contributed by atoms with Gasteiger partial charge in [-0.25, -0.2) is 4.79 Å². The molecule has 0 fully saturated rings. The first-order chi connectivity index (χ1) is 10.5. The first kappa shape index (κ1) is 16.8. The minimum Gasteiger partial charge on any atom is -0.489 e. The van der Waals surface area contributed by atoms with Crippen molar-refractivity contribution in [3.63, 3.8) is 0 Å². The fraction of sp³-hybridized carbons (Fsp3) is 0.188. The van der Waals surface area contributed by atoms with Crippen LogP contribution in [0.3, 0.4) is 0 Å². The zero-order chi connectivity index (χ0) is 15.9. The fourth-order valence-electron chi connectivity index (χ4n) is 1.76. The van der Waals surface area contributed by atoms with Crippen molar-refractivity contribution in [3.05, 3.63) is 57.0 Å². The van der Waals surface area contributed by atoms with E-state index >= 15 is 0 Å². The summed E-state index contributed by atoms with van der Waals surface area (Å²) in [5.41, 5.74) is 1.78. The molecule has 2 aromatic carbocycles. The molecule has 0 spiro atoms. The van der Waals surface area contributed by atoms with Crippen molar-refractivity contribution in [1.82, 2.24) is 0 Å². The molecule has 0 heterocycles. The lowest BCUT2D eigenvalue weighted by Gasteiger charge is -2.10. The van der Waals surface area contributed by atoms with Crippen LogP contribution in [-0.2, 0) is 4.74 Å². The van der Waals surface area contributed by atoms with E-state index in [0.717, 1.165) is 14.5 Å². The van der Waals surface area contributed by atoms with Crippen molar-refractivity contribution in [2.75, 3.05) is 18.5 Å². The van der Waals surface area contributed by atoms with Crippen LogP contribution in [-0.4, -0.2) is 19.3 Å². The molecule has 0 aliphatic rings.